The van der Waals surface area contributed by atoms with Crippen molar-refractivity contribution in [2.75, 3.05) is 0 Å². The van der Waals surface area contributed by atoms with E-state index in [1.54, 1.807) is 12.1 Å². The third kappa shape index (κ3) is 3.10. The third-order valence-electron chi connectivity index (χ3n) is 3.73. The van der Waals surface area contributed by atoms with Crippen molar-refractivity contribution in [1.29, 1.82) is 0 Å². The van der Waals surface area contributed by atoms with Gasteiger partial charge >= 0.3 is 5.97 Å². The minimum absolute atomic E-state index is 0.0161. The number of aryl methyl sites for hydroxylation is 1. The van der Waals surface area contributed by atoms with Gasteiger partial charge in [-0.1, -0.05) is 41.0 Å². The summed E-state index contributed by atoms with van der Waals surface area (Å²) in [6.45, 7) is 0. The van der Waals surface area contributed by atoms with E-state index >= 15 is 0 Å². The average molecular weight is 336 g/mol. The number of oxime groups is 1. The number of carbonyl (C=O) groups excluding carboxylic acids is 1. The Bertz CT molecular complexity index is 772. The fourth-order valence-corrected chi connectivity index (χ4v) is 2.78. The van der Waals surface area contributed by atoms with Crippen LogP contribution in [-0.2, 0) is 16.1 Å². The molecule has 1 aliphatic heterocycles. The SMILES string of the molecule is O=C1ON=C(c2c(F)cccc2F)C1CCc1ccccc1Cl. The Kier molecular flexibility index (Phi) is 4.39. The van der Waals surface area contributed by atoms with Crippen LogP contribution in [0.3, 0.4) is 0 Å². The Labute approximate surface area is 136 Å². The van der Waals surface area contributed by atoms with Gasteiger partial charge in [0.05, 0.1) is 5.56 Å². The summed E-state index contributed by atoms with van der Waals surface area (Å²) in [5, 5.41) is 4.16. The molecule has 0 amide bonds. The predicted octanol–water partition coefficient (Wildman–Crippen LogP) is 4.13. The Morgan fingerprint density at radius 1 is 1.09 bits per heavy atom. The minimum atomic E-state index is -0.822. The van der Waals surface area contributed by atoms with Crippen molar-refractivity contribution in [3.8, 4) is 0 Å². The molecule has 0 aliphatic carbocycles. The molecule has 1 unspecified atom stereocenters. The molecule has 23 heavy (non-hydrogen) atoms. The molecule has 3 nitrogen and oxygen atoms in total. The van der Waals surface area contributed by atoms with Crippen LogP contribution in [0.2, 0.25) is 5.02 Å². The van der Waals surface area contributed by atoms with E-state index in [1.807, 2.05) is 12.1 Å². The van der Waals surface area contributed by atoms with Crippen molar-refractivity contribution >= 4 is 23.3 Å². The van der Waals surface area contributed by atoms with Gasteiger partial charge in [0.15, 0.2) is 0 Å². The first-order chi connectivity index (χ1) is 11.1. The van der Waals surface area contributed by atoms with E-state index in [4.69, 9.17) is 11.6 Å². The maximum atomic E-state index is 13.9. The van der Waals surface area contributed by atoms with Crippen molar-refractivity contribution in [3.05, 3.63) is 70.2 Å². The number of rotatable bonds is 4. The van der Waals surface area contributed by atoms with Gasteiger partial charge in [-0.05, 0) is 36.6 Å². The number of halogens is 3. The zero-order chi connectivity index (χ0) is 16.4. The molecule has 0 fully saturated rings. The normalized spacial score (nSPS) is 17.1. The Morgan fingerprint density at radius 3 is 2.48 bits per heavy atom. The van der Waals surface area contributed by atoms with Gasteiger partial charge in [-0.3, -0.25) is 0 Å². The summed E-state index contributed by atoms with van der Waals surface area (Å²) in [5.74, 6) is -2.98. The van der Waals surface area contributed by atoms with Crippen LogP contribution in [0.15, 0.2) is 47.6 Å². The highest BCUT2D eigenvalue weighted by atomic mass is 35.5. The van der Waals surface area contributed by atoms with Gasteiger partial charge in [-0.15, -0.1) is 0 Å². The summed E-state index contributed by atoms with van der Waals surface area (Å²) in [5.41, 5.74) is 0.516. The van der Waals surface area contributed by atoms with Gasteiger partial charge in [0.25, 0.3) is 0 Å². The van der Waals surface area contributed by atoms with Crippen LogP contribution in [0.5, 0.6) is 0 Å². The number of hydrogen-bond acceptors (Lipinski definition) is 3. The number of nitrogens with zero attached hydrogens (tertiary/aromatic N) is 1. The minimum Gasteiger partial charge on any atom is -0.317 e. The second-order valence-electron chi connectivity index (χ2n) is 5.17. The zero-order valence-corrected chi connectivity index (χ0v) is 12.7. The molecule has 0 N–H and O–H groups in total. The molecule has 1 aliphatic rings. The summed E-state index contributed by atoms with van der Waals surface area (Å²) in [6.07, 6.45) is 0.768. The second kappa shape index (κ2) is 6.46. The lowest BCUT2D eigenvalue weighted by Gasteiger charge is -2.11. The lowest BCUT2D eigenvalue weighted by molar-refractivity contribution is -0.143. The van der Waals surface area contributed by atoms with Crippen LogP contribution in [0.25, 0.3) is 0 Å². The summed E-state index contributed by atoms with van der Waals surface area (Å²) in [7, 11) is 0. The summed E-state index contributed by atoms with van der Waals surface area (Å²) in [4.78, 5) is 16.5. The molecule has 0 saturated carbocycles. The van der Waals surface area contributed by atoms with E-state index in [9.17, 15) is 13.6 Å². The molecule has 0 spiro atoms. The van der Waals surface area contributed by atoms with Crippen molar-refractivity contribution in [3.63, 3.8) is 0 Å². The molecular weight excluding hydrogens is 324 g/mol. The smallest absolute Gasteiger partial charge is 0.317 e. The summed E-state index contributed by atoms with van der Waals surface area (Å²) < 4.78 is 27.8. The Hall–Kier alpha value is -2.27. The van der Waals surface area contributed by atoms with Gasteiger partial charge in [0.2, 0.25) is 0 Å². The predicted molar refractivity (Wildman–Crippen MR) is 82.3 cm³/mol. The van der Waals surface area contributed by atoms with Gasteiger partial charge in [0, 0.05) is 5.02 Å². The Morgan fingerprint density at radius 2 is 1.78 bits per heavy atom. The lowest BCUT2D eigenvalue weighted by Crippen LogP contribution is -2.22. The highest BCUT2D eigenvalue weighted by Crippen LogP contribution is 2.27. The number of benzene rings is 2. The van der Waals surface area contributed by atoms with Crippen LogP contribution in [0, 0.1) is 17.6 Å². The van der Waals surface area contributed by atoms with Gasteiger partial charge in [-0.25, -0.2) is 13.6 Å². The highest BCUT2D eigenvalue weighted by molar-refractivity contribution is 6.31. The molecule has 2 aromatic carbocycles. The standard InChI is InChI=1S/C17H12ClF2NO2/c18-12-5-2-1-4-10(12)8-9-11-16(21-23-17(11)22)15-13(19)6-3-7-14(15)20/h1-7,11H,8-9H2. The average Bonchev–Trinajstić information content (AvgIpc) is 2.87. The van der Waals surface area contributed by atoms with Crippen LogP contribution in [0.1, 0.15) is 17.5 Å². The lowest BCUT2D eigenvalue weighted by atomic mass is 9.91. The van der Waals surface area contributed by atoms with E-state index < -0.39 is 23.5 Å². The van der Waals surface area contributed by atoms with Crippen LogP contribution >= 0.6 is 11.6 Å². The molecule has 2 aromatic rings. The first-order valence-electron chi connectivity index (χ1n) is 7.04. The quantitative estimate of drug-likeness (QED) is 0.788. The van der Waals surface area contributed by atoms with Crippen LogP contribution in [0.4, 0.5) is 8.78 Å². The summed E-state index contributed by atoms with van der Waals surface area (Å²) >= 11 is 6.08. The number of hydrogen-bond donors (Lipinski definition) is 0. The van der Waals surface area contributed by atoms with E-state index in [2.05, 4.69) is 9.99 Å². The first kappa shape index (κ1) is 15.6. The largest absolute Gasteiger partial charge is 0.344 e. The third-order valence-corrected chi connectivity index (χ3v) is 4.10. The van der Waals surface area contributed by atoms with Gasteiger partial charge < -0.3 is 4.84 Å². The van der Waals surface area contributed by atoms with Crippen LogP contribution in [-0.4, -0.2) is 11.7 Å². The molecule has 0 aromatic heterocycles. The Balaban J connectivity index is 1.85. The first-order valence-corrected chi connectivity index (χ1v) is 7.42. The molecule has 0 bridgehead atoms. The number of carbonyl (C=O) groups is 1. The molecule has 3 rings (SSSR count). The van der Waals surface area contributed by atoms with Crippen LogP contribution < -0.4 is 0 Å². The van der Waals surface area contributed by atoms with E-state index in [0.29, 0.717) is 17.9 Å². The molecule has 1 atom stereocenters. The zero-order valence-electron chi connectivity index (χ0n) is 11.9. The molecule has 6 heteroatoms. The van der Waals surface area contributed by atoms with Crippen molar-refractivity contribution in [1.82, 2.24) is 0 Å². The maximum absolute atomic E-state index is 13.9. The monoisotopic (exact) mass is 335 g/mol. The van der Waals surface area contributed by atoms with E-state index in [-0.39, 0.29) is 11.3 Å². The topological polar surface area (TPSA) is 38.7 Å². The molecule has 0 radical (unpaired) electrons. The van der Waals surface area contributed by atoms with Crippen molar-refractivity contribution in [2.24, 2.45) is 11.1 Å². The fourth-order valence-electron chi connectivity index (χ4n) is 2.55. The highest BCUT2D eigenvalue weighted by Gasteiger charge is 2.36. The second-order valence-corrected chi connectivity index (χ2v) is 5.57. The summed E-state index contributed by atoms with van der Waals surface area (Å²) in [6, 6.07) is 10.7. The molecule has 0 saturated heterocycles. The fraction of sp³-hybridized carbons (Fsp3) is 0.176. The van der Waals surface area contributed by atoms with Gasteiger partial charge in [0.1, 0.15) is 23.3 Å². The maximum Gasteiger partial charge on any atom is 0.344 e. The van der Waals surface area contributed by atoms with Crippen molar-refractivity contribution in [2.45, 2.75) is 12.8 Å². The van der Waals surface area contributed by atoms with E-state index in [0.717, 1.165) is 17.7 Å². The molecule has 1 heterocycles. The van der Waals surface area contributed by atoms with E-state index in [1.165, 1.54) is 6.07 Å². The molecule has 118 valence electrons. The van der Waals surface area contributed by atoms with Crippen molar-refractivity contribution < 1.29 is 18.4 Å². The van der Waals surface area contributed by atoms with Gasteiger partial charge in [-0.2, -0.15) is 0 Å². The molecular formula is C17H12ClF2NO2.